The first-order valence-corrected chi connectivity index (χ1v) is 6.57. The number of nitrogens with one attached hydrogen (secondary N) is 1. The maximum Gasteiger partial charge on any atom is 0.303 e. The maximum atomic E-state index is 12.5. The van der Waals surface area contributed by atoms with E-state index < -0.39 is 24.1 Å². The van der Waals surface area contributed by atoms with Crippen LogP contribution in [0.1, 0.15) is 34.9 Å². The molecule has 0 aliphatic carbocycles. The van der Waals surface area contributed by atoms with Crippen molar-refractivity contribution in [3.63, 3.8) is 0 Å². The molecule has 21 heavy (non-hydrogen) atoms. The molecule has 2 amide bonds. The second-order valence-corrected chi connectivity index (χ2v) is 4.84. The largest absolute Gasteiger partial charge is 0.481 e. The summed E-state index contributed by atoms with van der Waals surface area (Å²) in [5.74, 6) is -2.07. The fourth-order valence-electron chi connectivity index (χ4n) is 2.63. The SMILES string of the molecule is CNC1c2ccccc2C(=O)N1C(CCC(=O)O)C(N)=O. The number of carboxylic acid groups (broad SMARTS) is 1. The molecule has 1 aliphatic heterocycles. The first-order chi connectivity index (χ1) is 9.97. The third-order valence-corrected chi connectivity index (χ3v) is 3.57. The summed E-state index contributed by atoms with van der Waals surface area (Å²) in [5, 5.41) is 11.8. The van der Waals surface area contributed by atoms with Crippen LogP contribution in [0.15, 0.2) is 24.3 Å². The number of nitrogens with zero attached hydrogens (tertiary/aromatic N) is 1. The molecule has 1 aromatic carbocycles. The number of hydrogen-bond donors (Lipinski definition) is 3. The van der Waals surface area contributed by atoms with Crippen molar-refractivity contribution in [3.8, 4) is 0 Å². The second-order valence-electron chi connectivity index (χ2n) is 4.84. The number of amides is 2. The van der Waals surface area contributed by atoms with Crippen LogP contribution in [-0.2, 0) is 9.59 Å². The van der Waals surface area contributed by atoms with E-state index in [4.69, 9.17) is 10.8 Å². The van der Waals surface area contributed by atoms with Crippen LogP contribution in [0.4, 0.5) is 0 Å². The van der Waals surface area contributed by atoms with Crippen molar-refractivity contribution in [2.24, 2.45) is 5.73 Å². The summed E-state index contributed by atoms with van der Waals surface area (Å²) in [5.41, 5.74) is 6.62. The van der Waals surface area contributed by atoms with Gasteiger partial charge in [0.2, 0.25) is 5.91 Å². The first-order valence-electron chi connectivity index (χ1n) is 6.57. The van der Waals surface area contributed by atoms with Crippen molar-refractivity contribution in [1.29, 1.82) is 0 Å². The van der Waals surface area contributed by atoms with Crippen LogP contribution in [0.25, 0.3) is 0 Å². The molecule has 0 radical (unpaired) electrons. The number of rotatable bonds is 6. The van der Waals surface area contributed by atoms with Gasteiger partial charge in [0.15, 0.2) is 0 Å². The van der Waals surface area contributed by atoms with Crippen molar-refractivity contribution in [1.82, 2.24) is 10.2 Å². The molecule has 2 atom stereocenters. The molecular formula is C14H17N3O4. The van der Waals surface area contributed by atoms with Gasteiger partial charge in [0, 0.05) is 17.5 Å². The normalized spacial score (nSPS) is 18.4. The summed E-state index contributed by atoms with van der Waals surface area (Å²) < 4.78 is 0. The summed E-state index contributed by atoms with van der Waals surface area (Å²) in [4.78, 5) is 36.2. The van der Waals surface area contributed by atoms with E-state index in [9.17, 15) is 14.4 Å². The van der Waals surface area contributed by atoms with E-state index >= 15 is 0 Å². The predicted molar refractivity (Wildman–Crippen MR) is 74.3 cm³/mol. The van der Waals surface area contributed by atoms with E-state index in [2.05, 4.69) is 5.32 Å². The number of primary amides is 1. The lowest BCUT2D eigenvalue weighted by Crippen LogP contribution is -2.49. The Balaban J connectivity index is 2.35. The molecule has 1 aromatic rings. The van der Waals surface area contributed by atoms with E-state index in [0.717, 1.165) is 5.56 Å². The average molecular weight is 291 g/mol. The van der Waals surface area contributed by atoms with Crippen LogP contribution in [0.5, 0.6) is 0 Å². The Morgan fingerprint density at radius 1 is 1.43 bits per heavy atom. The molecule has 7 heteroatoms. The average Bonchev–Trinajstić information content (AvgIpc) is 2.72. The number of fused-ring (bicyclic) bond motifs is 1. The minimum absolute atomic E-state index is 0.0113. The highest BCUT2D eigenvalue weighted by molar-refractivity contribution is 6.01. The topological polar surface area (TPSA) is 113 Å². The van der Waals surface area contributed by atoms with Gasteiger partial charge < -0.3 is 15.7 Å². The molecule has 0 bridgehead atoms. The highest BCUT2D eigenvalue weighted by atomic mass is 16.4. The zero-order chi connectivity index (χ0) is 15.6. The van der Waals surface area contributed by atoms with Gasteiger partial charge in [-0.05, 0) is 19.5 Å². The molecule has 2 unspecified atom stereocenters. The number of benzene rings is 1. The number of nitrogens with two attached hydrogens (primary N) is 1. The molecule has 0 fully saturated rings. The molecule has 1 aliphatic rings. The molecule has 0 spiro atoms. The molecule has 1 heterocycles. The number of hydrogen-bond acceptors (Lipinski definition) is 4. The number of carbonyl (C=O) groups is 3. The van der Waals surface area contributed by atoms with Crippen LogP contribution in [0.2, 0.25) is 0 Å². The highest BCUT2D eigenvalue weighted by Gasteiger charge is 2.41. The van der Waals surface area contributed by atoms with Crippen molar-refractivity contribution in [2.75, 3.05) is 7.05 Å². The maximum absolute atomic E-state index is 12.5. The van der Waals surface area contributed by atoms with Gasteiger partial charge in [-0.3, -0.25) is 19.7 Å². The number of carboxylic acids is 1. The molecule has 0 saturated carbocycles. The van der Waals surface area contributed by atoms with E-state index in [1.54, 1.807) is 31.3 Å². The minimum atomic E-state index is -1.04. The van der Waals surface area contributed by atoms with E-state index in [1.165, 1.54) is 4.90 Å². The Kier molecular flexibility index (Phi) is 4.23. The zero-order valence-corrected chi connectivity index (χ0v) is 11.6. The fraction of sp³-hybridized carbons (Fsp3) is 0.357. The van der Waals surface area contributed by atoms with Crippen LogP contribution in [0, 0.1) is 0 Å². The smallest absolute Gasteiger partial charge is 0.303 e. The quantitative estimate of drug-likeness (QED) is 0.687. The van der Waals surface area contributed by atoms with Gasteiger partial charge in [-0.1, -0.05) is 18.2 Å². The third kappa shape index (κ3) is 2.73. The Labute approximate surface area is 121 Å². The summed E-state index contributed by atoms with van der Waals surface area (Å²) in [7, 11) is 1.67. The first kappa shape index (κ1) is 15.0. The summed E-state index contributed by atoms with van der Waals surface area (Å²) in [6.07, 6.45) is -0.729. The van der Waals surface area contributed by atoms with Crippen LogP contribution >= 0.6 is 0 Å². The Hall–Kier alpha value is -2.41. The summed E-state index contributed by atoms with van der Waals surface area (Å²) >= 11 is 0. The third-order valence-electron chi connectivity index (χ3n) is 3.57. The van der Waals surface area contributed by atoms with Crippen LogP contribution in [0.3, 0.4) is 0 Å². The Morgan fingerprint density at radius 3 is 2.67 bits per heavy atom. The van der Waals surface area contributed by atoms with Gasteiger partial charge in [-0.15, -0.1) is 0 Å². The lowest BCUT2D eigenvalue weighted by Gasteiger charge is -2.31. The van der Waals surface area contributed by atoms with Crippen LogP contribution < -0.4 is 11.1 Å². The van der Waals surface area contributed by atoms with E-state index in [1.807, 2.05) is 0 Å². The van der Waals surface area contributed by atoms with Crippen molar-refractivity contribution in [2.45, 2.75) is 25.0 Å². The molecule has 112 valence electrons. The monoisotopic (exact) mass is 291 g/mol. The predicted octanol–water partition coefficient (Wildman–Crippen LogP) is 0.0791. The minimum Gasteiger partial charge on any atom is -0.481 e. The number of aliphatic carboxylic acids is 1. The molecule has 7 nitrogen and oxygen atoms in total. The molecule has 2 rings (SSSR count). The van der Waals surface area contributed by atoms with Crippen molar-refractivity contribution >= 4 is 17.8 Å². The Bertz CT molecular complexity index is 587. The van der Waals surface area contributed by atoms with Crippen molar-refractivity contribution in [3.05, 3.63) is 35.4 Å². The van der Waals surface area contributed by atoms with Gasteiger partial charge in [0.05, 0.1) is 0 Å². The highest BCUT2D eigenvalue weighted by Crippen LogP contribution is 2.33. The second kappa shape index (κ2) is 5.92. The summed E-state index contributed by atoms with van der Waals surface area (Å²) in [6, 6.07) is 6.05. The lowest BCUT2D eigenvalue weighted by atomic mass is 10.1. The molecule has 4 N–H and O–H groups in total. The summed E-state index contributed by atoms with van der Waals surface area (Å²) in [6.45, 7) is 0. The van der Waals surface area contributed by atoms with Gasteiger partial charge in [0.25, 0.3) is 5.91 Å². The molecular weight excluding hydrogens is 274 g/mol. The molecule has 0 saturated heterocycles. The Morgan fingerprint density at radius 2 is 2.10 bits per heavy atom. The van der Waals surface area contributed by atoms with Gasteiger partial charge in [-0.2, -0.15) is 0 Å². The fourth-order valence-corrected chi connectivity index (χ4v) is 2.63. The lowest BCUT2D eigenvalue weighted by molar-refractivity contribution is -0.137. The van der Waals surface area contributed by atoms with Gasteiger partial charge >= 0.3 is 5.97 Å². The zero-order valence-electron chi connectivity index (χ0n) is 11.6. The van der Waals surface area contributed by atoms with Gasteiger partial charge in [0.1, 0.15) is 12.2 Å². The van der Waals surface area contributed by atoms with Crippen molar-refractivity contribution < 1.29 is 19.5 Å². The van der Waals surface area contributed by atoms with E-state index in [0.29, 0.717) is 5.56 Å². The standard InChI is InChI=1S/C14H17N3O4/c1-16-13-8-4-2-3-5-9(8)14(21)17(13)10(12(15)20)6-7-11(18)19/h2-5,10,13,16H,6-7H2,1H3,(H2,15,20)(H,18,19). The van der Waals surface area contributed by atoms with Gasteiger partial charge in [-0.25, -0.2) is 0 Å². The van der Waals surface area contributed by atoms with E-state index in [-0.39, 0.29) is 18.7 Å². The molecule has 0 aromatic heterocycles. The number of carbonyl (C=O) groups excluding carboxylic acids is 2. The van der Waals surface area contributed by atoms with Crippen LogP contribution in [-0.4, -0.2) is 40.9 Å².